The van der Waals surface area contributed by atoms with Gasteiger partial charge >= 0.3 is 0 Å². The molecule has 0 saturated heterocycles. The van der Waals surface area contributed by atoms with Gasteiger partial charge in [-0.25, -0.2) is 0 Å². The van der Waals surface area contributed by atoms with Gasteiger partial charge in [0.05, 0.1) is 12.6 Å². The number of benzene rings is 1. The molecule has 1 saturated carbocycles. The number of hydrogen-bond acceptors (Lipinski definition) is 3. The van der Waals surface area contributed by atoms with Crippen molar-refractivity contribution >= 4 is 5.91 Å². The van der Waals surface area contributed by atoms with E-state index in [4.69, 9.17) is 10.5 Å². The molecule has 0 bridgehead atoms. The summed E-state index contributed by atoms with van der Waals surface area (Å²) < 4.78 is 5.96. The molecule has 4 nitrogen and oxygen atoms in total. The second-order valence-corrected chi connectivity index (χ2v) is 4.63. The van der Waals surface area contributed by atoms with Crippen molar-refractivity contribution in [1.29, 1.82) is 0 Å². The molecule has 1 aliphatic rings. The van der Waals surface area contributed by atoms with Crippen molar-refractivity contribution in [1.82, 2.24) is 5.32 Å². The molecule has 0 heterocycles. The van der Waals surface area contributed by atoms with Crippen molar-refractivity contribution in [2.24, 2.45) is 5.73 Å². The minimum absolute atomic E-state index is 0.0363. The number of nitrogens with one attached hydrogen (secondary N) is 1. The summed E-state index contributed by atoms with van der Waals surface area (Å²) in [7, 11) is 0. The number of para-hydroxylation sites is 1. The highest BCUT2D eigenvalue weighted by molar-refractivity contribution is 5.78. The monoisotopic (exact) mass is 248 g/mol. The van der Waals surface area contributed by atoms with Gasteiger partial charge in [-0.15, -0.1) is 0 Å². The number of carbonyl (C=O) groups is 1. The fourth-order valence-electron chi connectivity index (χ4n) is 2.34. The van der Waals surface area contributed by atoms with Crippen LogP contribution in [0.25, 0.3) is 0 Å². The lowest BCUT2D eigenvalue weighted by atomic mass is 9.92. The van der Waals surface area contributed by atoms with E-state index >= 15 is 0 Å². The lowest BCUT2D eigenvalue weighted by Gasteiger charge is -2.32. The quantitative estimate of drug-likeness (QED) is 0.847. The Hall–Kier alpha value is -1.55. The number of rotatable bonds is 4. The molecular weight excluding hydrogens is 228 g/mol. The Labute approximate surface area is 108 Å². The third kappa shape index (κ3) is 3.47. The Morgan fingerprint density at radius 2 is 2.00 bits per heavy atom. The summed E-state index contributed by atoms with van der Waals surface area (Å²) in [4.78, 5) is 11.4. The van der Waals surface area contributed by atoms with Gasteiger partial charge in [0.15, 0.2) is 0 Å². The zero-order valence-electron chi connectivity index (χ0n) is 10.5. The largest absolute Gasteiger partial charge is 0.488 e. The van der Waals surface area contributed by atoms with Crippen molar-refractivity contribution < 1.29 is 9.53 Å². The molecular formula is C14H20N2O2. The van der Waals surface area contributed by atoms with E-state index in [1.54, 1.807) is 0 Å². The minimum atomic E-state index is -0.108. The smallest absolute Gasteiger partial charge is 0.234 e. The summed E-state index contributed by atoms with van der Waals surface area (Å²) in [5, 5.41) is 2.95. The standard InChI is InChI=1S/C14H20N2O2/c15-10-14(17)16-12-8-4-5-9-13(12)18-11-6-2-1-3-7-11/h1-3,6-7,12-13H,4-5,8-10,15H2,(H,16,17)/t12-,13-/m0/s1. The van der Waals surface area contributed by atoms with E-state index < -0.39 is 0 Å². The van der Waals surface area contributed by atoms with E-state index in [-0.39, 0.29) is 24.6 Å². The molecule has 98 valence electrons. The number of nitrogens with two attached hydrogens (primary N) is 1. The number of hydrogen-bond donors (Lipinski definition) is 2. The first-order chi connectivity index (χ1) is 8.79. The highest BCUT2D eigenvalue weighted by atomic mass is 16.5. The lowest BCUT2D eigenvalue weighted by molar-refractivity contribution is -0.121. The van der Waals surface area contributed by atoms with Crippen molar-refractivity contribution in [2.75, 3.05) is 6.54 Å². The Bertz CT molecular complexity index is 381. The zero-order chi connectivity index (χ0) is 12.8. The van der Waals surface area contributed by atoms with Crippen molar-refractivity contribution in [3.63, 3.8) is 0 Å². The van der Waals surface area contributed by atoms with Gasteiger partial charge < -0.3 is 15.8 Å². The van der Waals surface area contributed by atoms with E-state index in [1.807, 2.05) is 30.3 Å². The Balaban J connectivity index is 1.97. The maximum absolute atomic E-state index is 11.4. The Morgan fingerprint density at radius 1 is 1.28 bits per heavy atom. The first-order valence-electron chi connectivity index (χ1n) is 6.50. The maximum Gasteiger partial charge on any atom is 0.234 e. The molecule has 18 heavy (non-hydrogen) atoms. The second-order valence-electron chi connectivity index (χ2n) is 4.63. The van der Waals surface area contributed by atoms with Crippen LogP contribution in [0.4, 0.5) is 0 Å². The van der Waals surface area contributed by atoms with Crippen LogP contribution < -0.4 is 15.8 Å². The summed E-state index contributed by atoms with van der Waals surface area (Å²) in [6.07, 6.45) is 4.27. The van der Waals surface area contributed by atoms with Gasteiger partial charge in [0.1, 0.15) is 11.9 Å². The molecule has 2 rings (SSSR count). The van der Waals surface area contributed by atoms with Crippen molar-refractivity contribution in [3.8, 4) is 5.75 Å². The van der Waals surface area contributed by atoms with Crippen LogP contribution in [0.5, 0.6) is 5.75 Å². The first kappa shape index (κ1) is 12.9. The number of ether oxygens (including phenoxy) is 1. The van der Waals surface area contributed by atoms with Crippen LogP contribution in [-0.4, -0.2) is 24.6 Å². The Kier molecular flexibility index (Phi) is 4.59. The fourth-order valence-corrected chi connectivity index (χ4v) is 2.34. The van der Waals surface area contributed by atoms with Gasteiger partial charge in [-0.3, -0.25) is 4.79 Å². The van der Waals surface area contributed by atoms with Crippen LogP contribution in [0.3, 0.4) is 0 Å². The minimum Gasteiger partial charge on any atom is -0.488 e. The average Bonchev–Trinajstić information content (AvgIpc) is 2.42. The van der Waals surface area contributed by atoms with Gasteiger partial charge in [-0.1, -0.05) is 24.6 Å². The lowest BCUT2D eigenvalue weighted by Crippen LogP contribution is -2.49. The fraction of sp³-hybridized carbons (Fsp3) is 0.500. The van der Waals surface area contributed by atoms with Crippen molar-refractivity contribution in [2.45, 2.75) is 37.8 Å². The van der Waals surface area contributed by atoms with Gasteiger partial charge in [0.2, 0.25) is 5.91 Å². The molecule has 0 spiro atoms. The van der Waals surface area contributed by atoms with E-state index in [0.29, 0.717) is 0 Å². The van der Waals surface area contributed by atoms with Gasteiger partial charge in [0, 0.05) is 0 Å². The molecule has 0 aromatic heterocycles. The van der Waals surface area contributed by atoms with Crippen LogP contribution in [0.1, 0.15) is 25.7 Å². The van der Waals surface area contributed by atoms with E-state index in [0.717, 1.165) is 31.4 Å². The van der Waals surface area contributed by atoms with Crippen LogP contribution >= 0.6 is 0 Å². The summed E-state index contributed by atoms with van der Waals surface area (Å²) in [5.41, 5.74) is 5.33. The van der Waals surface area contributed by atoms with E-state index in [1.165, 1.54) is 0 Å². The maximum atomic E-state index is 11.4. The molecule has 1 fully saturated rings. The normalized spacial score (nSPS) is 23.4. The molecule has 0 aliphatic heterocycles. The van der Waals surface area contributed by atoms with Gasteiger partial charge in [0.25, 0.3) is 0 Å². The SMILES string of the molecule is NCC(=O)N[C@H]1CCCC[C@@H]1Oc1ccccc1. The molecule has 2 atom stereocenters. The molecule has 4 heteroatoms. The molecule has 1 aliphatic carbocycles. The van der Waals surface area contributed by atoms with Crippen LogP contribution in [0, 0.1) is 0 Å². The van der Waals surface area contributed by atoms with Crippen LogP contribution in [-0.2, 0) is 4.79 Å². The van der Waals surface area contributed by atoms with E-state index in [2.05, 4.69) is 5.32 Å². The third-order valence-corrected chi connectivity index (χ3v) is 3.26. The van der Waals surface area contributed by atoms with Crippen LogP contribution in [0.15, 0.2) is 30.3 Å². The van der Waals surface area contributed by atoms with Crippen molar-refractivity contribution in [3.05, 3.63) is 30.3 Å². The summed E-state index contributed by atoms with van der Waals surface area (Å²) >= 11 is 0. The van der Waals surface area contributed by atoms with E-state index in [9.17, 15) is 4.79 Å². The number of carbonyl (C=O) groups excluding carboxylic acids is 1. The molecule has 1 amide bonds. The summed E-state index contributed by atoms with van der Waals surface area (Å²) in [6.45, 7) is 0.0363. The average molecular weight is 248 g/mol. The third-order valence-electron chi connectivity index (χ3n) is 3.26. The highest BCUT2D eigenvalue weighted by Crippen LogP contribution is 2.23. The number of amides is 1. The molecule has 3 N–H and O–H groups in total. The molecule has 0 unspecified atom stereocenters. The van der Waals surface area contributed by atoms with Gasteiger partial charge in [-0.2, -0.15) is 0 Å². The topological polar surface area (TPSA) is 64.4 Å². The van der Waals surface area contributed by atoms with Crippen LogP contribution in [0.2, 0.25) is 0 Å². The first-order valence-corrected chi connectivity index (χ1v) is 6.50. The predicted molar refractivity (Wildman–Crippen MR) is 70.3 cm³/mol. The molecule has 0 radical (unpaired) electrons. The molecule has 1 aromatic rings. The second kappa shape index (κ2) is 6.40. The van der Waals surface area contributed by atoms with Gasteiger partial charge in [-0.05, 0) is 31.4 Å². The Morgan fingerprint density at radius 3 is 2.72 bits per heavy atom. The highest BCUT2D eigenvalue weighted by Gasteiger charge is 2.27. The summed E-state index contributed by atoms with van der Waals surface area (Å²) in [5.74, 6) is 0.750. The summed E-state index contributed by atoms with van der Waals surface area (Å²) in [6, 6.07) is 9.82. The zero-order valence-corrected chi connectivity index (χ0v) is 10.5. The molecule has 1 aromatic carbocycles. The predicted octanol–water partition coefficient (Wildman–Crippen LogP) is 1.45.